The van der Waals surface area contributed by atoms with Crippen molar-refractivity contribution >= 4 is 17.4 Å². The fraction of sp³-hybridized carbons (Fsp3) is 0.205. The van der Waals surface area contributed by atoms with Crippen LogP contribution in [0, 0.1) is 0 Å². The number of anilines is 2. The summed E-state index contributed by atoms with van der Waals surface area (Å²) in [5, 5.41) is 15.3. The molecule has 0 spiro atoms. The number of rotatable bonds is 11. The van der Waals surface area contributed by atoms with E-state index in [0.29, 0.717) is 23.5 Å². The molecule has 1 aliphatic heterocycles. The van der Waals surface area contributed by atoms with Crippen molar-refractivity contribution < 1.29 is 24.1 Å². The predicted octanol–water partition coefficient (Wildman–Crippen LogP) is 8.29. The molecule has 3 atom stereocenters. The number of benzene rings is 5. The molecule has 8 heteroatoms. The Bertz CT molecular complexity index is 1700. The molecule has 8 nitrogen and oxygen atoms in total. The molecule has 0 aliphatic carbocycles. The van der Waals surface area contributed by atoms with Gasteiger partial charge in [0.15, 0.2) is 6.29 Å². The highest BCUT2D eigenvalue weighted by Gasteiger charge is 2.32. The van der Waals surface area contributed by atoms with Crippen molar-refractivity contribution in [1.82, 2.24) is 4.90 Å². The lowest BCUT2D eigenvalue weighted by molar-refractivity contribution is -0.252. The van der Waals surface area contributed by atoms with Gasteiger partial charge in [0.05, 0.1) is 18.8 Å². The van der Waals surface area contributed by atoms with E-state index in [9.17, 15) is 9.90 Å². The van der Waals surface area contributed by atoms with Crippen LogP contribution in [0.5, 0.6) is 11.5 Å². The van der Waals surface area contributed by atoms with Gasteiger partial charge in [-0.1, -0.05) is 84.9 Å². The first-order chi connectivity index (χ1) is 23.0. The predicted molar refractivity (Wildman–Crippen MR) is 183 cm³/mol. The van der Waals surface area contributed by atoms with Crippen molar-refractivity contribution in [3.63, 3.8) is 0 Å². The van der Waals surface area contributed by atoms with Crippen molar-refractivity contribution in [1.29, 1.82) is 0 Å². The summed E-state index contributed by atoms with van der Waals surface area (Å²) < 4.78 is 18.8. The SMILES string of the molecule is CN(Cc1ccccc1)CC1CC(c2ccc(CO)cc2)OC(c2ccc(NC(=O)Nc3ccc(Oc4ccccc4)cc3)cc2)O1. The maximum atomic E-state index is 12.7. The minimum atomic E-state index is -0.583. The first-order valence-corrected chi connectivity index (χ1v) is 15.7. The first-order valence-electron chi connectivity index (χ1n) is 15.7. The largest absolute Gasteiger partial charge is 0.457 e. The maximum absolute atomic E-state index is 12.7. The summed E-state index contributed by atoms with van der Waals surface area (Å²) in [6.45, 7) is 1.55. The Kier molecular flexibility index (Phi) is 10.6. The molecule has 5 aromatic rings. The summed E-state index contributed by atoms with van der Waals surface area (Å²) in [7, 11) is 2.10. The van der Waals surface area contributed by atoms with Crippen LogP contribution in [0.15, 0.2) is 133 Å². The Hall–Kier alpha value is -4.99. The lowest BCUT2D eigenvalue weighted by atomic mass is 9.99. The molecule has 1 fully saturated rings. The summed E-state index contributed by atoms with van der Waals surface area (Å²) in [6, 6.07) is 42.2. The molecule has 47 heavy (non-hydrogen) atoms. The smallest absolute Gasteiger partial charge is 0.323 e. The number of nitrogens with zero attached hydrogens (tertiary/aromatic N) is 1. The molecule has 6 rings (SSSR count). The molecule has 0 aromatic heterocycles. The number of carbonyl (C=O) groups excluding carboxylic acids is 1. The number of carbonyl (C=O) groups is 1. The van der Waals surface area contributed by atoms with Crippen LogP contribution in [0.2, 0.25) is 0 Å². The lowest BCUT2D eigenvalue weighted by Crippen LogP contribution is -2.37. The normalized spacial score (nSPS) is 17.6. The van der Waals surface area contributed by atoms with Crippen molar-refractivity contribution in [3.8, 4) is 11.5 Å². The monoisotopic (exact) mass is 629 g/mol. The summed E-state index contributed by atoms with van der Waals surface area (Å²) in [6.07, 6.45) is -0.128. The number of hydrogen-bond acceptors (Lipinski definition) is 6. The van der Waals surface area contributed by atoms with Gasteiger partial charge >= 0.3 is 6.03 Å². The van der Waals surface area contributed by atoms with Crippen LogP contribution in [-0.4, -0.2) is 35.7 Å². The summed E-state index contributed by atoms with van der Waals surface area (Å²) in [5.41, 5.74) is 5.29. The van der Waals surface area contributed by atoms with E-state index >= 15 is 0 Å². The highest BCUT2D eigenvalue weighted by atomic mass is 16.7. The van der Waals surface area contributed by atoms with E-state index in [0.717, 1.165) is 35.5 Å². The molecule has 1 heterocycles. The number of amides is 2. The van der Waals surface area contributed by atoms with Gasteiger partial charge in [-0.3, -0.25) is 4.90 Å². The molecule has 1 aliphatic rings. The lowest BCUT2D eigenvalue weighted by Gasteiger charge is -2.38. The van der Waals surface area contributed by atoms with E-state index in [4.69, 9.17) is 14.2 Å². The van der Waals surface area contributed by atoms with Crippen LogP contribution in [0.1, 0.15) is 41.1 Å². The Morgan fingerprint density at radius 3 is 1.94 bits per heavy atom. The summed E-state index contributed by atoms with van der Waals surface area (Å²) in [5.74, 6) is 1.43. The number of aliphatic hydroxyl groups is 1. The van der Waals surface area contributed by atoms with Gasteiger partial charge in [-0.2, -0.15) is 0 Å². The second-order valence-electron chi connectivity index (χ2n) is 11.7. The molecular formula is C39H39N3O5. The first kappa shape index (κ1) is 32.0. The fourth-order valence-corrected chi connectivity index (χ4v) is 5.59. The number of aliphatic hydroxyl groups excluding tert-OH is 1. The minimum Gasteiger partial charge on any atom is -0.457 e. The van der Waals surface area contributed by atoms with E-state index in [1.807, 2.05) is 97.1 Å². The minimum absolute atomic E-state index is 0.00114. The Balaban J connectivity index is 1.08. The van der Waals surface area contributed by atoms with Crippen LogP contribution < -0.4 is 15.4 Å². The summed E-state index contributed by atoms with van der Waals surface area (Å²) in [4.78, 5) is 15.0. The van der Waals surface area contributed by atoms with E-state index in [2.05, 4.69) is 46.8 Å². The van der Waals surface area contributed by atoms with Gasteiger partial charge in [0.2, 0.25) is 0 Å². The summed E-state index contributed by atoms with van der Waals surface area (Å²) >= 11 is 0. The molecule has 3 unspecified atom stereocenters. The number of para-hydroxylation sites is 1. The average molecular weight is 630 g/mol. The van der Waals surface area contributed by atoms with Gasteiger partial charge in [0.1, 0.15) is 11.5 Å². The molecule has 1 saturated heterocycles. The van der Waals surface area contributed by atoms with Crippen molar-refractivity contribution in [2.45, 2.75) is 38.1 Å². The fourth-order valence-electron chi connectivity index (χ4n) is 5.59. The van der Waals surface area contributed by atoms with Gasteiger partial charge in [-0.25, -0.2) is 4.79 Å². The quantitative estimate of drug-likeness (QED) is 0.136. The van der Waals surface area contributed by atoms with Crippen LogP contribution >= 0.6 is 0 Å². The average Bonchev–Trinajstić information content (AvgIpc) is 3.10. The van der Waals surface area contributed by atoms with Crippen molar-refractivity contribution in [2.24, 2.45) is 0 Å². The Morgan fingerprint density at radius 2 is 1.30 bits per heavy atom. The topological polar surface area (TPSA) is 92.3 Å². The van der Waals surface area contributed by atoms with Crippen LogP contribution in [0.3, 0.4) is 0 Å². The molecule has 240 valence electrons. The third-order valence-corrected chi connectivity index (χ3v) is 7.96. The molecule has 5 aromatic carbocycles. The third kappa shape index (κ3) is 9.06. The highest BCUT2D eigenvalue weighted by Crippen LogP contribution is 2.38. The van der Waals surface area contributed by atoms with Gasteiger partial charge < -0.3 is 30.0 Å². The maximum Gasteiger partial charge on any atom is 0.323 e. The molecular weight excluding hydrogens is 590 g/mol. The molecule has 3 N–H and O–H groups in total. The van der Waals surface area contributed by atoms with E-state index in [1.54, 1.807) is 12.1 Å². The van der Waals surface area contributed by atoms with Crippen LogP contribution in [-0.2, 0) is 22.6 Å². The number of likely N-dealkylation sites (N-methyl/N-ethyl adjacent to an activating group) is 1. The second-order valence-corrected chi connectivity index (χ2v) is 11.7. The Labute approximate surface area is 275 Å². The molecule has 0 radical (unpaired) electrons. The van der Waals surface area contributed by atoms with E-state index in [1.165, 1.54) is 5.56 Å². The van der Waals surface area contributed by atoms with Gasteiger partial charge in [-0.15, -0.1) is 0 Å². The van der Waals surface area contributed by atoms with Gasteiger partial charge in [0, 0.05) is 36.4 Å². The van der Waals surface area contributed by atoms with Gasteiger partial charge in [-0.05, 0) is 72.3 Å². The van der Waals surface area contributed by atoms with E-state index in [-0.39, 0.29) is 24.8 Å². The number of hydrogen-bond donors (Lipinski definition) is 3. The van der Waals surface area contributed by atoms with E-state index < -0.39 is 6.29 Å². The standard InChI is InChI=1S/C39H39N3O5/c1-42(25-28-8-4-2-5-9-28)26-36-24-37(30-14-12-29(27-43)13-15-30)47-38(46-36)31-16-18-32(19-17-31)40-39(44)41-33-20-22-35(23-21-33)45-34-10-6-3-7-11-34/h2-23,36-38,43H,24-27H2,1H3,(H2,40,41,44). The zero-order valence-electron chi connectivity index (χ0n) is 26.3. The van der Waals surface area contributed by atoms with Crippen LogP contribution in [0.4, 0.5) is 16.2 Å². The third-order valence-electron chi connectivity index (χ3n) is 7.96. The second kappa shape index (κ2) is 15.5. The molecule has 0 saturated carbocycles. The number of nitrogens with one attached hydrogen (secondary N) is 2. The zero-order chi connectivity index (χ0) is 32.4. The zero-order valence-corrected chi connectivity index (χ0v) is 26.3. The highest BCUT2D eigenvalue weighted by molar-refractivity contribution is 5.99. The molecule has 0 bridgehead atoms. The molecule has 2 amide bonds. The van der Waals surface area contributed by atoms with Crippen molar-refractivity contribution in [2.75, 3.05) is 24.2 Å². The number of ether oxygens (including phenoxy) is 3. The number of urea groups is 1. The van der Waals surface area contributed by atoms with Crippen molar-refractivity contribution in [3.05, 3.63) is 156 Å². The van der Waals surface area contributed by atoms with Crippen LogP contribution in [0.25, 0.3) is 0 Å². The van der Waals surface area contributed by atoms with Gasteiger partial charge in [0.25, 0.3) is 0 Å². The Morgan fingerprint density at radius 1 is 0.723 bits per heavy atom.